The van der Waals surface area contributed by atoms with E-state index in [1.807, 2.05) is 36.1 Å². The summed E-state index contributed by atoms with van der Waals surface area (Å²) in [7, 11) is 0. The van der Waals surface area contributed by atoms with Crippen molar-refractivity contribution in [3.63, 3.8) is 0 Å². The second-order valence-electron chi connectivity index (χ2n) is 6.87. The summed E-state index contributed by atoms with van der Waals surface area (Å²) in [5.74, 6) is 0.976. The van der Waals surface area contributed by atoms with Crippen LogP contribution in [0.1, 0.15) is 29.4 Å². The Bertz CT molecular complexity index is 770. The van der Waals surface area contributed by atoms with Crippen molar-refractivity contribution in [2.24, 2.45) is 5.92 Å². The molecule has 5 nitrogen and oxygen atoms in total. The number of carbonyl (C=O) groups excluding carboxylic acids is 1. The molecule has 6 heteroatoms. The number of rotatable bonds is 5. The van der Waals surface area contributed by atoms with Gasteiger partial charge in [-0.2, -0.15) is 0 Å². The Kier molecular flexibility index (Phi) is 5.76. The van der Waals surface area contributed by atoms with E-state index < -0.39 is 0 Å². The first-order chi connectivity index (χ1) is 13.3. The molecule has 2 aromatic rings. The molecule has 2 fully saturated rings. The molecule has 2 aliphatic rings. The maximum Gasteiger partial charge on any atom is 0.267 e. The Morgan fingerprint density at radius 3 is 2.78 bits per heavy atom. The van der Waals surface area contributed by atoms with Crippen LogP contribution in [0.15, 0.2) is 36.4 Å². The molecule has 1 atom stereocenters. The van der Waals surface area contributed by atoms with E-state index in [1.165, 1.54) is 11.3 Å². The minimum atomic E-state index is -0.171. The normalized spacial score (nSPS) is 20.8. The van der Waals surface area contributed by atoms with Gasteiger partial charge in [-0.3, -0.25) is 4.79 Å². The van der Waals surface area contributed by atoms with E-state index in [1.54, 1.807) is 0 Å². The molecule has 1 unspecified atom stereocenters. The summed E-state index contributed by atoms with van der Waals surface area (Å²) in [6.07, 6.45) is 1.84. The van der Waals surface area contributed by atoms with Crippen LogP contribution in [0.3, 0.4) is 0 Å². The van der Waals surface area contributed by atoms with E-state index in [2.05, 4.69) is 12.1 Å². The van der Waals surface area contributed by atoms with Crippen molar-refractivity contribution >= 4 is 17.2 Å². The van der Waals surface area contributed by atoms with Crippen LogP contribution < -0.4 is 4.74 Å². The summed E-state index contributed by atoms with van der Waals surface area (Å²) < 4.78 is 17.1. The quantitative estimate of drug-likeness (QED) is 0.777. The summed E-state index contributed by atoms with van der Waals surface area (Å²) in [4.78, 5) is 16.9. The molecular formula is C21H25NO4S. The summed E-state index contributed by atoms with van der Waals surface area (Å²) in [5.41, 5.74) is 1.10. The molecule has 4 rings (SSSR count). The van der Waals surface area contributed by atoms with E-state index in [0.29, 0.717) is 37.0 Å². The van der Waals surface area contributed by atoms with Gasteiger partial charge in [0, 0.05) is 23.9 Å². The first-order valence-corrected chi connectivity index (χ1v) is 10.4. The lowest BCUT2D eigenvalue weighted by atomic mass is 9.97. The molecule has 27 heavy (non-hydrogen) atoms. The van der Waals surface area contributed by atoms with Gasteiger partial charge in [-0.1, -0.05) is 30.3 Å². The lowest BCUT2D eigenvalue weighted by Gasteiger charge is -2.34. The third kappa shape index (κ3) is 4.03. The lowest BCUT2D eigenvalue weighted by molar-refractivity contribution is -0.0969. The summed E-state index contributed by atoms with van der Waals surface area (Å²) >= 11 is 1.51. The maximum atomic E-state index is 13.3. The van der Waals surface area contributed by atoms with Gasteiger partial charge in [0.15, 0.2) is 6.29 Å². The highest BCUT2D eigenvalue weighted by molar-refractivity contribution is 7.17. The average Bonchev–Trinajstić information content (AvgIpc) is 3.39. The number of hydrogen-bond donors (Lipinski definition) is 0. The molecule has 0 aliphatic carbocycles. The first kappa shape index (κ1) is 18.5. The third-order valence-corrected chi connectivity index (χ3v) is 6.18. The van der Waals surface area contributed by atoms with Gasteiger partial charge in [-0.15, -0.1) is 11.3 Å². The van der Waals surface area contributed by atoms with Crippen molar-refractivity contribution in [1.82, 2.24) is 4.90 Å². The Hall–Kier alpha value is -1.89. The van der Waals surface area contributed by atoms with E-state index >= 15 is 0 Å². The molecule has 1 amide bonds. The van der Waals surface area contributed by atoms with Gasteiger partial charge in [-0.25, -0.2) is 0 Å². The van der Waals surface area contributed by atoms with Crippen molar-refractivity contribution in [3.8, 4) is 16.2 Å². The van der Waals surface area contributed by atoms with Crippen LogP contribution >= 0.6 is 11.3 Å². The van der Waals surface area contributed by atoms with Gasteiger partial charge in [0.1, 0.15) is 10.6 Å². The molecule has 2 aliphatic heterocycles. The van der Waals surface area contributed by atoms with Crippen molar-refractivity contribution in [2.75, 3.05) is 32.9 Å². The van der Waals surface area contributed by atoms with E-state index in [-0.39, 0.29) is 18.1 Å². The van der Waals surface area contributed by atoms with Crippen molar-refractivity contribution in [3.05, 3.63) is 41.3 Å². The Morgan fingerprint density at radius 1 is 1.26 bits per heavy atom. The van der Waals surface area contributed by atoms with E-state index in [4.69, 9.17) is 14.2 Å². The standard InChI is InChI=1S/C21H25NO4S/c1-2-24-17-13-18(15-7-4-3-5-8-15)27-19(17)20(23)22-10-6-9-16(14-22)21-25-11-12-26-21/h3-5,7-8,13,16,21H,2,6,9-12,14H2,1H3. The zero-order valence-electron chi connectivity index (χ0n) is 15.6. The SMILES string of the molecule is CCOc1cc(-c2ccccc2)sc1C(=O)N1CCCC(C2OCCO2)C1. The van der Waals surface area contributed by atoms with Gasteiger partial charge >= 0.3 is 0 Å². The monoisotopic (exact) mass is 387 g/mol. The predicted molar refractivity (Wildman–Crippen MR) is 105 cm³/mol. The number of thiophene rings is 1. The molecule has 0 spiro atoms. The molecule has 0 saturated carbocycles. The highest BCUT2D eigenvalue weighted by Gasteiger charge is 2.34. The largest absolute Gasteiger partial charge is 0.492 e. The Balaban J connectivity index is 1.55. The second-order valence-corrected chi connectivity index (χ2v) is 7.92. The highest BCUT2D eigenvalue weighted by Crippen LogP contribution is 2.38. The van der Waals surface area contributed by atoms with Gasteiger partial charge in [0.2, 0.25) is 0 Å². The maximum absolute atomic E-state index is 13.3. The van der Waals surface area contributed by atoms with E-state index in [9.17, 15) is 4.79 Å². The number of amides is 1. The van der Waals surface area contributed by atoms with Crippen LogP contribution in [-0.2, 0) is 9.47 Å². The van der Waals surface area contributed by atoms with Gasteiger partial charge in [-0.05, 0) is 31.4 Å². The van der Waals surface area contributed by atoms with Crippen LogP contribution in [-0.4, -0.2) is 50.0 Å². The zero-order chi connectivity index (χ0) is 18.6. The molecule has 0 bridgehead atoms. The number of carbonyl (C=O) groups is 1. The highest BCUT2D eigenvalue weighted by atomic mass is 32.1. The third-order valence-electron chi connectivity index (χ3n) is 5.03. The smallest absolute Gasteiger partial charge is 0.267 e. The lowest BCUT2D eigenvalue weighted by Crippen LogP contribution is -2.43. The Labute approximate surface area is 163 Å². The molecule has 144 valence electrons. The fourth-order valence-electron chi connectivity index (χ4n) is 3.74. The fourth-order valence-corrected chi connectivity index (χ4v) is 4.81. The molecule has 1 aromatic carbocycles. The van der Waals surface area contributed by atoms with Crippen molar-refractivity contribution < 1.29 is 19.0 Å². The molecule has 1 aromatic heterocycles. The Morgan fingerprint density at radius 2 is 2.04 bits per heavy atom. The minimum Gasteiger partial charge on any atom is -0.492 e. The van der Waals surface area contributed by atoms with E-state index in [0.717, 1.165) is 29.8 Å². The molecule has 0 radical (unpaired) electrons. The second kappa shape index (κ2) is 8.42. The summed E-state index contributed by atoms with van der Waals surface area (Å²) in [5, 5.41) is 0. The van der Waals surface area contributed by atoms with Crippen LogP contribution in [0.4, 0.5) is 0 Å². The number of ether oxygens (including phenoxy) is 3. The van der Waals surface area contributed by atoms with Crippen molar-refractivity contribution in [1.29, 1.82) is 0 Å². The van der Waals surface area contributed by atoms with Gasteiger partial charge in [0.05, 0.1) is 19.8 Å². The minimum absolute atomic E-state index is 0.0494. The number of piperidine rings is 1. The van der Waals surface area contributed by atoms with Crippen LogP contribution in [0, 0.1) is 5.92 Å². The molecular weight excluding hydrogens is 362 g/mol. The topological polar surface area (TPSA) is 48.0 Å². The summed E-state index contributed by atoms with van der Waals surface area (Å²) in [6.45, 7) is 5.22. The van der Waals surface area contributed by atoms with Gasteiger partial charge in [0.25, 0.3) is 5.91 Å². The van der Waals surface area contributed by atoms with Crippen LogP contribution in [0.25, 0.3) is 10.4 Å². The molecule has 3 heterocycles. The zero-order valence-corrected chi connectivity index (χ0v) is 16.4. The predicted octanol–water partition coefficient (Wildman–Crippen LogP) is 4.04. The number of likely N-dealkylation sites (tertiary alicyclic amines) is 1. The fraction of sp³-hybridized carbons (Fsp3) is 0.476. The van der Waals surface area contributed by atoms with Crippen LogP contribution in [0.2, 0.25) is 0 Å². The summed E-state index contributed by atoms with van der Waals surface area (Å²) in [6, 6.07) is 12.1. The van der Waals surface area contributed by atoms with Gasteiger partial charge < -0.3 is 19.1 Å². The van der Waals surface area contributed by atoms with Crippen molar-refractivity contribution in [2.45, 2.75) is 26.1 Å². The van der Waals surface area contributed by atoms with Crippen LogP contribution in [0.5, 0.6) is 5.75 Å². The number of hydrogen-bond acceptors (Lipinski definition) is 5. The molecule has 2 saturated heterocycles. The first-order valence-electron chi connectivity index (χ1n) is 9.60. The average molecular weight is 388 g/mol. The molecule has 0 N–H and O–H groups in total. The number of nitrogens with zero attached hydrogens (tertiary/aromatic N) is 1. The number of benzene rings is 1.